The normalized spacial score (nSPS) is 12.9. The lowest BCUT2D eigenvalue weighted by atomic mass is 10.1. The SMILES string of the molecule is OC(CCc1ccco1)c1ccsc1. The van der Waals surface area contributed by atoms with Gasteiger partial charge in [-0.3, -0.25) is 0 Å². The van der Waals surface area contributed by atoms with Gasteiger partial charge in [0.15, 0.2) is 0 Å². The molecule has 0 bridgehead atoms. The Bertz CT molecular complexity index is 351. The highest BCUT2D eigenvalue weighted by Crippen LogP contribution is 2.21. The molecule has 0 aliphatic carbocycles. The van der Waals surface area contributed by atoms with Crippen LogP contribution in [0, 0.1) is 0 Å². The van der Waals surface area contributed by atoms with E-state index < -0.39 is 0 Å². The first-order chi connectivity index (χ1) is 6.86. The smallest absolute Gasteiger partial charge is 0.103 e. The van der Waals surface area contributed by atoms with Gasteiger partial charge in [0.1, 0.15) is 5.76 Å². The van der Waals surface area contributed by atoms with Gasteiger partial charge in [0.2, 0.25) is 0 Å². The first kappa shape index (κ1) is 9.49. The van der Waals surface area contributed by atoms with E-state index in [1.165, 1.54) is 0 Å². The Hall–Kier alpha value is -1.06. The Morgan fingerprint density at radius 2 is 2.36 bits per heavy atom. The van der Waals surface area contributed by atoms with Crippen molar-refractivity contribution in [2.45, 2.75) is 18.9 Å². The molecule has 0 amide bonds. The maximum atomic E-state index is 9.77. The molecule has 2 rings (SSSR count). The molecule has 0 saturated heterocycles. The summed E-state index contributed by atoms with van der Waals surface area (Å²) in [7, 11) is 0. The summed E-state index contributed by atoms with van der Waals surface area (Å²) in [6, 6.07) is 5.75. The van der Waals surface area contributed by atoms with Gasteiger partial charge < -0.3 is 9.52 Å². The molecule has 0 aliphatic heterocycles. The van der Waals surface area contributed by atoms with Crippen LogP contribution in [0.4, 0.5) is 0 Å². The van der Waals surface area contributed by atoms with Gasteiger partial charge in [0, 0.05) is 6.42 Å². The average Bonchev–Trinajstić information content (AvgIpc) is 2.87. The summed E-state index contributed by atoms with van der Waals surface area (Å²) in [5.74, 6) is 0.930. The van der Waals surface area contributed by atoms with E-state index in [1.807, 2.05) is 29.0 Å². The topological polar surface area (TPSA) is 33.4 Å². The summed E-state index contributed by atoms with van der Waals surface area (Å²) >= 11 is 1.61. The van der Waals surface area contributed by atoms with Crippen molar-refractivity contribution in [3.8, 4) is 0 Å². The minimum Gasteiger partial charge on any atom is -0.469 e. The quantitative estimate of drug-likeness (QED) is 0.837. The maximum Gasteiger partial charge on any atom is 0.103 e. The fourth-order valence-corrected chi connectivity index (χ4v) is 2.07. The van der Waals surface area contributed by atoms with Gasteiger partial charge in [0.25, 0.3) is 0 Å². The van der Waals surface area contributed by atoms with E-state index in [0.717, 1.165) is 17.7 Å². The number of rotatable bonds is 4. The van der Waals surface area contributed by atoms with E-state index in [1.54, 1.807) is 17.6 Å². The van der Waals surface area contributed by atoms with Crippen molar-refractivity contribution in [1.29, 1.82) is 0 Å². The van der Waals surface area contributed by atoms with Crippen molar-refractivity contribution in [3.05, 3.63) is 46.5 Å². The van der Waals surface area contributed by atoms with Gasteiger partial charge in [-0.2, -0.15) is 11.3 Å². The van der Waals surface area contributed by atoms with Crippen LogP contribution in [0.3, 0.4) is 0 Å². The van der Waals surface area contributed by atoms with Gasteiger partial charge in [-0.1, -0.05) is 0 Å². The van der Waals surface area contributed by atoms with E-state index in [2.05, 4.69) is 0 Å². The fraction of sp³-hybridized carbons (Fsp3) is 0.273. The van der Waals surface area contributed by atoms with Crippen LogP contribution in [0.2, 0.25) is 0 Å². The molecule has 14 heavy (non-hydrogen) atoms. The van der Waals surface area contributed by atoms with Crippen molar-refractivity contribution in [2.75, 3.05) is 0 Å². The van der Waals surface area contributed by atoms with Crippen molar-refractivity contribution in [1.82, 2.24) is 0 Å². The van der Waals surface area contributed by atoms with Crippen LogP contribution in [0.1, 0.15) is 23.8 Å². The second-order valence-electron chi connectivity index (χ2n) is 3.19. The Labute approximate surface area is 86.8 Å². The van der Waals surface area contributed by atoms with Gasteiger partial charge >= 0.3 is 0 Å². The van der Waals surface area contributed by atoms with E-state index in [4.69, 9.17) is 4.42 Å². The molecule has 2 heterocycles. The minimum atomic E-state index is -0.369. The Morgan fingerprint density at radius 1 is 1.43 bits per heavy atom. The zero-order valence-electron chi connectivity index (χ0n) is 7.72. The molecule has 0 spiro atoms. The van der Waals surface area contributed by atoms with Crippen molar-refractivity contribution < 1.29 is 9.52 Å². The van der Waals surface area contributed by atoms with Crippen LogP contribution in [0.15, 0.2) is 39.6 Å². The van der Waals surface area contributed by atoms with E-state index in [-0.39, 0.29) is 6.10 Å². The third-order valence-electron chi connectivity index (χ3n) is 2.17. The second-order valence-corrected chi connectivity index (χ2v) is 3.97. The molecule has 2 aromatic rings. The van der Waals surface area contributed by atoms with Gasteiger partial charge in [-0.05, 0) is 40.9 Å². The largest absolute Gasteiger partial charge is 0.469 e. The predicted octanol–water partition coefficient (Wildman–Crippen LogP) is 3.01. The standard InChI is InChI=1S/C11H12O2S/c12-11(9-5-7-14-8-9)4-3-10-2-1-6-13-10/h1-2,5-8,11-12H,3-4H2. The molecule has 0 radical (unpaired) electrons. The highest BCUT2D eigenvalue weighted by Gasteiger charge is 2.08. The molecule has 2 nitrogen and oxygen atoms in total. The highest BCUT2D eigenvalue weighted by atomic mass is 32.1. The van der Waals surface area contributed by atoms with Crippen LogP contribution in [0.25, 0.3) is 0 Å². The molecule has 0 fully saturated rings. The van der Waals surface area contributed by atoms with Gasteiger partial charge in [0.05, 0.1) is 12.4 Å². The monoisotopic (exact) mass is 208 g/mol. The van der Waals surface area contributed by atoms with Crippen LogP contribution in [-0.2, 0) is 6.42 Å². The fourth-order valence-electron chi connectivity index (χ4n) is 1.37. The van der Waals surface area contributed by atoms with Crippen molar-refractivity contribution >= 4 is 11.3 Å². The summed E-state index contributed by atoms with van der Waals surface area (Å²) < 4.78 is 5.19. The zero-order valence-corrected chi connectivity index (χ0v) is 8.54. The Kier molecular flexibility index (Phi) is 3.01. The summed E-state index contributed by atoms with van der Waals surface area (Å²) in [6.07, 6.45) is 2.78. The number of aliphatic hydroxyl groups is 1. The number of aliphatic hydroxyl groups excluding tert-OH is 1. The van der Waals surface area contributed by atoms with Crippen LogP contribution < -0.4 is 0 Å². The molecule has 2 aromatic heterocycles. The molecule has 3 heteroatoms. The van der Waals surface area contributed by atoms with Crippen LogP contribution in [0.5, 0.6) is 0 Å². The third kappa shape index (κ3) is 2.25. The number of hydrogen-bond donors (Lipinski definition) is 1. The predicted molar refractivity (Wildman–Crippen MR) is 56.3 cm³/mol. The van der Waals surface area contributed by atoms with Crippen LogP contribution in [-0.4, -0.2) is 5.11 Å². The molecule has 1 N–H and O–H groups in total. The first-order valence-corrected chi connectivity index (χ1v) is 5.53. The lowest BCUT2D eigenvalue weighted by Crippen LogP contribution is -1.97. The lowest BCUT2D eigenvalue weighted by Gasteiger charge is -2.06. The van der Waals surface area contributed by atoms with Gasteiger partial charge in [-0.25, -0.2) is 0 Å². The Balaban J connectivity index is 1.87. The molecule has 0 aliphatic rings. The maximum absolute atomic E-state index is 9.77. The molecular weight excluding hydrogens is 196 g/mol. The van der Waals surface area contributed by atoms with Crippen LogP contribution >= 0.6 is 11.3 Å². The van der Waals surface area contributed by atoms with Crippen molar-refractivity contribution in [3.63, 3.8) is 0 Å². The van der Waals surface area contributed by atoms with Crippen molar-refractivity contribution in [2.24, 2.45) is 0 Å². The summed E-state index contributed by atoms with van der Waals surface area (Å²) in [5.41, 5.74) is 1.00. The summed E-state index contributed by atoms with van der Waals surface area (Å²) in [5, 5.41) is 13.7. The van der Waals surface area contributed by atoms with E-state index >= 15 is 0 Å². The molecule has 74 valence electrons. The number of hydrogen-bond acceptors (Lipinski definition) is 3. The zero-order chi connectivity index (χ0) is 9.80. The Morgan fingerprint density at radius 3 is 3.00 bits per heavy atom. The number of thiophene rings is 1. The number of aryl methyl sites for hydroxylation is 1. The molecule has 1 atom stereocenters. The highest BCUT2D eigenvalue weighted by molar-refractivity contribution is 7.07. The first-order valence-electron chi connectivity index (χ1n) is 4.59. The van der Waals surface area contributed by atoms with Gasteiger partial charge in [-0.15, -0.1) is 0 Å². The molecule has 0 aromatic carbocycles. The summed E-state index contributed by atoms with van der Waals surface area (Å²) in [6.45, 7) is 0. The lowest BCUT2D eigenvalue weighted by molar-refractivity contribution is 0.166. The second kappa shape index (κ2) is 4.44. The number of furan rings is 1. The molecule has 1 unspecified atom stereocenters. The molecular formula is C11H12O2S. The minimum absolute atomic E-state index is 0.369. The molecule has 0 saturated carbocycles. The summed E-state index contributed by atoms with van der Waals surface area (Å²) in [4.78, 5) is 0. The third-order valence-corrected chi connectivity index (χ3v) is 2.87. The van der Waals surface area contributed by atoms with E-state index in [9.17, 15) is 5.11 Å². The van der Waals surface area contributed by atoms with E-state index in [0.29, 0.717) is 6.42 Å². The average molecular weight is 208 g/mol.